The number of rotatable bonds is 2. The Bertz CT molecular complexity index is 759. The van der Waals surface area contributed by atoms with E-state index in [4.69, 9.17) is 15.2 Å². The molecule has 1 aliphatic heterocycles. The van der Waals surface area contributed by atoms with Crippen molar-refractivity contribution >= 4 is 0 Å². The highest BCUT2D eigenvalue weighted by Crippen LogP contribution is 2.44. The zero-order chi connectivity index (χ0) is 14.8. The predicted octanol–water partition coefficient (Wildman–Crippen LogP) is 2.91. The molecule has 0 aliphatic carbocycles. The molecule has 2 aromatic rings. The highest BCUT2D eigenvalue weighted by molar-refractivity contribution is 5.58. The second kappa shape index (κ2) is 5.22. The molecule has 104 valence electrons. The van der Waals surface area contributed by atoms with Crippen molar-refractivity contribution in [3.63, 3.8) is 0 Å². The number of ether oxygens (including phenoxy) is 2. The van der Waals surface area contributed by atoms with Gasteiger partial charge in [0, 0.05) is 11.1 Å². The van der Waals surface area contributed by atoms with Crippen LogP contribution in [0.3, 0.4) is 0 Å². The molecule has 0 radical (unpaired) electrons. The van der Waals surface area contributed by atoms with E-state index in [1.54, 1.807) is 7.11 Å². The largest absolute Gasteiger partial charge is 0.496 e. The summed E-state index contributed by atoms with van der Waals surface area (Å²) in [5, 5.41) is 9.47. The van der Waals surface area contributed by atoms with Gasteiger partial charge in [-0.25, -0.2) is 0 Å². The molecule has 0 amide bonds. The summed E-state index contributed by atoms with van der Waals surface area (Å²) in [6.45, 7) is 0. The van der Waals surface area contributed by atoms with Crippen LogP contribution in [0.15, 0.2) is 60.0 Å². The van der Waals surface area contributed by atoms with Crippen LogP contribution in [-0.2, 0) is 0 Å². The van der Waals surface area contributed by atoms with Gasteiger partial charge in [0.25, 0.3) is 0 Å². The van der Waals surface area contributed by atoms with Crippen LogP contribution < -0.4 is 15.2 Å². The number of hydrogen-bond donors (Lipinski definition) is 1. The maximum atomic E-state index is 9.47. The molecule has 0 spiro atoms. The molecule has 0 unspecified atom stereocenters. The van der Waals surface area contributed by atoms with Crippen molar-refractivity contribution in [3.05, 3.63) is 71.1 Å². The van der Waals surface area contributed by atoms with E-state index in [9.17, 15) is 5.26 Å². The number of nitrogens with two attached hydrogens (primary N) is 1. The Morgan fingerprint density at radius 1 is 1.10 bits per heavy atom. The van der Waals surface area contributed by atoms with E-state index >= 15 is 0 Å². The normalized spacial score (nSPS) is 16.7. The van der Waals surface area contributed by atoms with Crippen LogP contribution in [0.4, 0.5) is 0 Å². The lowest BCUT2D eigenvalue weighted by atomic mass is 9.83. The Morgan fingerprint density at radius 2 is 1.76 bits per heavy atom. The number of para-hydroxylation sites is 2. The summed E-state index contributed by atoms with van der Waals surface area (Å²) in [6.07, 6.45) is 0. The molecule has 0 fully saturated rings. The van der Waals surface area contributed by atoms with E-state index in [2.05, 4.69) is 6.07 Å². The molecule has 1 atom stereocenters. The molecule has 4 nitrogen and oxygen atoms in total. The van der Waals surface area contributed by atoms with Crippen molar-refractivity contribution in [1.29, 1.82) is 5.26 Å². The minimum atomic E-state index is -0.281. The average molecular weight is 278 g/mol. The number of benzene rings is 2. The van der Waals surface area contributed by atoms with E-state index in [0.717, 1.165) is 16.9 Å². The highest BCUT2D eigenvalue weighted by Gasteiger charge is 2.31. The Balaban J connectivity index is 2.26. The van der Waals surface area contributed by atoms with Crippen LogP contribution >= 0.6 is 0 Å². The highest BCUT2D eigenvalue weighted by atomic mass is 16.5. The number of methoxy groups -OCH3 is 1. The third kappa shape index (κ3) is 2.09. The number of fused-ring (bicyclic) bond motifs is 1. The summed E-state index contributed by atoms with van der Waals surface area (Å²) in [5.41, 5.74) is 8.13. The Morgan fingerprint density at radius 3 is 2.48 bits per heavy atom. The first kappa shape index (κ1) is 13.1. The molecule has 4 heteroatoms. The molecule has 0 bridgehead atoms. The lowest BCUT2D eigenvalue weighted by Crippen LogP contribution is -2.21. The van der Waals surface area contributed by atoms with E-state index in [0.29, 0.717) is 11.3 Å². The van der Waals surface area contributed by atoms with Gasteiger partial charge in [-0.3, -0.25) is 0 Å². The van der Waals surface area contributed by atoms with Crippen molar-refractivity contribution in [2.75, 3.05) is 7.11 Å². The quantitative estimate of drug-likeness (QED) is 0.917. The van der Waals surface area contributed by atoms with Gasteiger partial charge >= 0.3 is 0 Å². The van der Waals surface area contributed by atoms with Crippen LogP contribution in [0.25, 0.3) is 0 Å². The summed E-state index contributed by atoms with van der Waals surface area (Å²) < 4.78 is 11.0. The first-order valence-electron chi connectivity index (χ1n) is 6.55. The van der Waals surface area contributed by atoms with Gasteiger partial charge in [-0.2, -0.15) is 5.26 Å². The molecular formula is C17H14N2O2. The first-order valence-corrected chi connectivity index (χ1v) is 6.55. The van der Waals surface area contributed by atoms with Gasteiger partial charge in [0.2, 0.25) is 5.88 Å². The maximum Gasteiger partial charge on any atom is 0.205 e. The third-order valence-electron chi connectivity index (χ3n) is 3.57. The van der Waals surface area contributed by atoms with Crippen LogP contribution in [0.2, 0.25) is 0 Å². The van der Waals surface area contributed by atoms with E-state index in [-0.39, 0.29) is 11.8 Å². The van der Waals surface area contributed by atoms with Gasteiger partial charge in [0.1, 0.15) is 23.1 Å². The van der Waals surface area contributed by atoms with E-state index in [1.807, 2.05) is 48.5 Å². The van der Waals surface area contributed by atoms with Gasteiger partial charge < -0.3 is 15.2 Å². The molecule has 1 aliphatic rings. The molecular weight excluding hydrogens is 264 g/mol. The summed E-state index contributed by atoms with van der Waals surface area (Å²) in [7, 11) is 1.61. The summed E-state index contributed by atoms with van der Waals surface area (Å²) >= 11 is 0. The van der Waals surface area contributed by atoms with Gasteiger partial charge in [-0.1, -0.05) is 36.4 Å². The Hall–Kier alpha value is -2.93. The van der Waals surface area contributed by atoms with E-state index < -0.39 is 0 Å². The summed E-state index contributed by atoms with van der Waals surface area (Å²) in [5.74, 6) is 1.26. The number of nitriles is 1. The van der Waals surface area contributed by atoms with Gasteiger partial charge in [-0.15, -0.1) is 0 Å². The monoisotopic (exact) mass is 278 g/mol. The molecule has 3 rings (SSSR count). The van der Waals surface area contributed by atoms with Gasteiger partial charge in [0.05, 0.1) is 13.0 Å². The summed E-state index contributed by atoms with van der Waals surface area (Å²) in [6, 6.07) is 17.4. The lowest BCUT2D eigenvalue weighted by Gasteiger charge is -2.27. The molecule has 0 saturated carbocycles. The smallest absolute Gasteiger partial charge is 0.205 e. The second-order valence-corrected chi connectivity index (χ2v) is 4.70. The standard InChI is InChI=1S/C17H14N2O2/c1-20-14-8-4-2-6-11(14)16-12-7-3-5-9-15(12)21-17(19)13(16)10-18/h2-9,16H,19H2,1H3/t16-/m1/s1. The predicted molar refractivity (Wildman–Crippen MR) is 78.7 cm³/mol. The zero-order valence-corrected chi connectivity index (χ0v) is 11.5. The average Bonchev–Trinajstić information content (AvgIpc) is 2.53. The van der Waals surface area contributed by atoms with Crippen molar-refractivity contribution in [2.45, 2.75) is 5.92 Å². The SMILES string of the molecule is COc1ccccc1[C@H]1C(C#N)=C(N)Oc2ccccc21. The van der Waals surface area contributed by atoms with Crippen LogP contribution in [0.5, 0.6) is 11.5 Å². The Labute approximate surface area is 123 Å². The molecule has 2 N–H and O–H groups in total. The van der Waals surface area contributed by atoms with Crippen LogP contribution in [0, 0.1) is 11.3 Å². The first-order chi connectivity index (χ1) is 10.3. The fourth-order valence-corrected chi connectivity index (χ4v) is 2.63. The number of allylic oxidation sites excluding steroid dienone is 1. The molecule has 0 aromatic heterocycles. The second-order valence-electron chi connectivity index (χ2n) is 4.70. The van der Waals surface area contributed by atoms with Crippen molar-refractivity contribution in [3.8, 4) is 17.6 Å². The topological polar surface area (TPSA) is 68.3 Å². The molecule has 2 aromatic carbocycles. The van der Waals surface area contributed by atoms with Crippen LogP contribution in [0.1, 0.15) is 17.0 Å². The van der Waals surface area contributed by atoms with Gasteiger partial charge in [-0.05, 0) is 12.1 Å². The van der Waals surface area contributed by atoms with Crippen molar-refractivity contribution in [2.24, 2.45) is 5.73 Å². The minimum Gasteiger partial charge on any atom is -0.496 e. The third-order valence-corrected chi connectivity index (χ3v) is 3.57. The molecule has 21 heavy (non-hydrogen) atoms. The number of nitrogens with zero attached hydrogens (tertiary/aromatic N) is 1. The van der Waals surface area contributed by atoms with Crippen molar-refractivity contribution in [1.82, 2.24) is 0 Å². The Kier molecular flexibility index (Phi) is 3.25. The maximum absolute atomic E-state index is 9.47. The van der Waals surface area contributed by atoms with E-state index in [1.165, 1.54) is 0 Å². The van der Waals surface area contributed by atoms with Gasteiger partial charge in [0.15, 0.2) is 0 Å². The fraction of sp³-hybridized carbons (Fsp3) is 0.118. The minimum absolute atomic E-state index is 0.145. The fourth-order valence-electron chi connectivity index (χ4n) is 2.63. The zero-order valence-electron chi connectivity index (χ0n) is 11.5. The molecule has 1 heterocycles. The molecule has 0 saturated heterocycles. The number of hydrogen-bond acceptors (Lipinski definition) is 4. The lowest BCUT2D eigenvalue weighted by molar-refractivity contribution is 0.387. The van der Waals surface area contributed by atoms with Crippen LogP contribution in [-0.4, -0.2) is 7.11 Å². The van der Waals surface area contributed by atoms with Crippen molar-refractivity contribution < 1.29 is 9.47 Å². The summed E-state index contributed by atoms with van der Waals surface area (Å²) in [4.78, 5) is 0.